The molecule has 0 saturated heterocycles. The Kier molecular flexibility index (Phi) is 5.00. The molecule has 1 aromatic rings. The van der Waals surface area contributed by atoms with Crippen molar-refractivity contribution in [3.05, 3.63) is 34.3 Å². The Morgan fingerprint density at radius 1 is 1.38 bits per heavy atom. The predicted octanol–water partition coefficient (Wildman–Crippen LogP) is 4.05. The van der Waals surface area contributed by atoms with Crippen molar-refractivity contribution in [3.63, 3.8) is 0 Å². The molecule has 0 aliphatic carbocycles. The number of carbonyl (C=O) groups is 1. The molecule has 0 aliphatic rings. The van der Waals surface area contributed by atoms with Crippen LogP contribution in [-0.4, -0.2) is 11.1 Å². The van der Waals surface area contributed by atoms with Crippen LogP contribution in [0.2, 0.25) is 0 Å². The van der Waals surface area contributed by atoms with E-state index >= 15 is 0 Å². The van der Waals surface area contributed by atoms with Gasteiger partial charge in [-0.2, -0.15) is 0 Å². The molecule has 1 aromatic carbocycles. The standard InChI is InChI=1S/C13H17BrO2/c1-9(2)6-7-12(13(15)16)10-4-3-5-11(14)8-10/h3-5,8-9,12H,6-7H2,1-2H3,(H,15,16). The van der Waals surface area contributed by atoms with Gasteiger partial charge in [-0.1, -0.05) is 41.9 Å². The molecule has 0 radical (unpaired) electrons. The van der Waals surface area contributed by atoms with Crippen molar-refractivity contribution in [1.82, 2.24) is 0 Å². The zero-order valence-corrected chi connectivity index (χ0v) is 11.2. The Balaban J connectivity index is 2.81. The van der Waals surface area contributed by atoms with Gasteiger partial charge in [-0.3, -0.25) is 4.79 Å². The van der Waals surface area contributed by atoms with Crippen LogP contribution in [0.3, 0.4) is 0 Å². The summed E-state index contributed by atoms with van der Waals surface area (Å²) in [4.78, 5) is 11.2. The third kappa shape index (κ3) is 3.97. The predicted molar refractivity (Wildman–Crippen MR) is 68.6 cm³/mol. The lowest BCUT2D eigenvalue weighted by atomic mass is 9.91. The van der Waals surface area contributed by atoms with Gasteiger partial charge in [0, 0.05) is 4.47 Å². The molecule has 16 heavy (non-hydrogen) atoms. The molecule has 1 rings (SSSR count). The Bertz CT molecular complexity index is 361. The summed E-state index contributed by atoms with van der Waals surface area (Å²) >= 11 is 3.37. The molecule has 1 atom stereocenters. The molecule has 0 fully saturated rings. The summed E-state index contributed by atoms with van der Waals surface area (Å²) in [5.41, 5.74) is 0.877. The summed E-state index contributed by atoms with van der Waals surface area (Å²) in [5.74, 6) is -0.590. The van der Waals surface area contributed by atoms with Crippen LogP contribution < -0.4 is 0 Å². The van der Waals surface area contributed by atoms with E-state index in [2.05, 4.69) is 29.8 Å². The number of hydrogen-bond donors (Lipinski definition) is 1. The van der Waals surface area contributed by atoms with Crippen LogP contribution in [0, 0.1) is 5.92 Å². The molecule has 1 unspecified atom stereocenters. The number of aliphatic carboxylic acids is 1. The molecule has 88 valence electrons. The quantitative estimate of drug-likeness (QED) is 0.886. The van der Waals surface area contributed by atoms with Gasteiger partial charge < -0.3 is 5.11 Å². The van der Waals surface area contributed by atoms with E-state index in [9.17, 15) is 9.90 Å². The number of hydrogen-bond acceptors (Lipinski definition) is 1. The maximum atomic E-state index is 11.2. The molecule has 0 bridgehead atoms. The van der Waals surface area contributed by atoms with Crippen LogP contribution in [0.4, 0.5) is 0 Å². The summed E-state index contributed by atoms with van der Waals surface area (Å²) in [6, 6.07) is 7.55. The van der Waals surface area contributed by atoms with Gasteiger partial charge in [0.2, 0.25) is 0 Å². The van der Waals surface area contributed by atoms with Crippen molar-refractivity contribution in [2.75, 3.05) is 0 Å². The Hall–Kier alpha value is -0.830. The van der Waals surface area contributed by atoms with Gasteiger partial charge in [-0.15, -0.1) is 0 Å². The van der Waals surface area contributed by atoms with Crippen LogP contribution in [0.5, 0.6) is 0 Å². The second-order valence-corrected chi connectivity index (χ2v) is 5.33. The number of carboxylic acids is 1. The van der Waals surface area contributed by atoms with E-state index in [1.807, 2.05) is 24.3 Å². The molecule has 0 aromatic heterocycles. The third-order valence-corrected chi connectivity index (χ3v) is 3.08. The smallest absolute Gasteiger partial charge is 0.310 e. The van der Waals surface area contributed by atoms with Crippen LogP contribution in [0.1, 0.15) is 38.2 Å². The van der Waals surface area contributed by atoms with E-state index in [0.29, 0.717) is 12.3 Å². The van der Waals surface area contributed by atoms with Crippen molar-refractivity contribution in [3.8, 4) is 0 Å². The molecule has 1 N–H and O–H groups in total. The van der Waals surface area contributed by atoms with Crippen LogP contribution >= 0.6 is 15.9 Å². The summed E-state index contributed by atoms with van der Waals surface area (Å²) < 4.78 is 0.931. The summed E-state index contributed by atoms with van der Waals surface area (Å²) in [6.45, 7) is 4.22. The monoisotopic (exact) mass is 284 g/mol. The zero-order valence-electron chi connectivity index (χ0n) is 9.61. The lowest BCUT2D eigenvalue weighted by molar-refractivity contribution is -0.139. The first kappa shape index (κ1) is 13.2. The first-order chi connectivity index (χ1) is 7.50. The van der Waals surface area contributed by atoms with Crippen LogP contribution in [0.25, 0.3) is 0 Å². The Labute approximate surface area is 105 Å². The van der Waals surface area contributed by atoms with Crippen molar-refractivity contribution in [2.24, 2.45) is 5.92 Å². The van der Waals surface area contributed by atoms with E-state index in [1.165, 1.54) is 0 Å². The second kappa shape index (κ2) is 6.04. The molecule has 0 amide bonds. The highest BCUT2D eigenvalue weighted by molar-refractivity contribution is 9.10. The normalized spacial score (nSPS) is 12.8. The van der Waals surface area contributed by atoms with Gasteiger partial charge in [0.05, 0.1) is 5.92 Å². The number of rotatable bonds is 5. The SMILES string of the molecule is CC(C)CCC(C(=O)O)c1cccc(Br)c1. The molecule has 0 spiro atoms. The molecular weight excluding hydrogens is 268 g/mol. The third-order valence-electron chi connectivity index (χ3n) is 2.58. The summed E-state index contributed by atoms with van der Waals surface area (Å²) in [7, 11) is 0. The lowest BCUT2D eigenvalue weighted by Crippen LogP contribution is -2.12. The molecule has 3 heteroatoms. The van der Waals surface area contributed by atoms with Crippen molar-refractivity contribution in [1.29, 1.82) is 0 Å². The fourth-order valence-electron chi connectivity index (χ4n) is 1.66. The minimum atomic E-state index is -0.737. The van der Waals surface area contributed by atoms with Crippen molar-refractivity contribution in [2.45, 2.75) is 32.6 Å². The topological polar surface area (TPSA) is 37.3 Å². The van der Waals surface area contributed by atoms with Gasteiger partial charge in [0.1, 0.15) is 0 Å². The van der Waals surface area contributed by atoms with Crippen molar-refractivity contribution >= 4 is 21.9 Å². The van der Waals surface area contributed by atoms with Gasteiger partial charge in [0.25, 0.3) is 0 Å². The van der Waals surface area contributed by atoms with Crippen molar-refractivity contribution < 1.29 is 9.90 Å². The average Bonchev–Trinajstić information content (AvgIpc) is 2.17. The number of benzene rings is 1. The Morgan fingerprint density at radius 2 is 2.06 bits per heavy atom. The molecule has 0 aliphatic heterocycles. The molecule has 2 nitrogen and oxygen atoms in total. The van der Waals surface area contributed by atoms with E-state index in [0.717, 1.165) is 16.5 Å². The average molecular weight is 285 g/mol. The lowest BCUT2D eigenvalue weighted by Gasteiger charge is -2.14. The van der Waals surface area contributed by atoms with Gasteiger partial charge in [0.15, 0.2) is 0 Å². The second-order valence-electron chi connectivity index (χ2n) is 4.42. The summed E-state index contributed by atoms with van der Waals surface area (Å²) in [5, 5.41) is 9.22. The highest BCUT2D eigenvalue weighted by atomic mass is 79.9. The highest BCUT2D eigenvalue weighted by Crippen LogP contribution is 2.26. The first-order valence-electron chi connectivity index (χ1n) is 5.49. The van der Waals surface area contributed by atoms with E-state index in [4.69, 9.17) is 0 Å². The van der Waals surface area contributed by atoms with Crippen LogP contribution in [-0.2, 0) is 4.79 Å². The molecule has 0 saturated carbocycles. The minimum absolute atomic E-state index is 0.389. The maximum Gasteiger partial charge on any atom is 0.310 e. The fraction of sp³-hybridized carbons (Fsp3) is 0.462. The first-order valence-corrected chi connectivity index (χ1v) is 6.28. The highest BCUT2D eigenvalue weighted by Gasteiger charge is 2.19. The zero-order chi connectivity index (χ0) is 12.1. The van der Waals surface area contributed by atoms with Gasteiger partial charge in [-0.05, 0) is 36.5 Å². The van der Waals surface area contributed by atoms with E-state index in [1.54, 1.807) is 0 Å². The van der Waals surface area contributed by atoms with E-state index in [-0.39, 0.29) is 5.92 Å². The van der Waals surface area contributed by atoms with Gasteiger partial charge in [-0.25, -0.2) is 0 Å². The maximum absolute atomic E-state index is 11.2. The number of carboxylic acid groups (broad SMARTS) is 1. The van der Waals surface area contributed by atoms with Gasteiger partial charge >= 0.3 is 5.97 Å². The van der Waals surface area contributed by atoms with Crippen LogP contribution in [0.15, 0.2) is 28.7 Å². The summed E-state index contributed by atoms with van der Waals surface area (Å²) in [6.07, 6.45) is 1.63. The minimum Gasteiger partial charge on any atom is -0.481 e. The number of halogens is 1. The Morgan fingerprint density at radius 3 is 2.56 bits per heavy atom. The largest absolute Gasteiger partial charge is 0.481 e. The molecule has 0 heterocycles. The van der Waals surface area contributed by atoms with E-state index < -0.39 is 5.97 Å². The fourth-order valence-corrected chi connectivity index (χ4v) is 2.07. The molecular formula is C13H17BrO2.